The number of anilines is 1. The first-order chi connectivity index (χ1) is 15.3. The first kappa shape index (κ1) is 25.1. The van der Waals surface area contributed by atoms with Gasteiger partial charge in [-0.25, -0.2) is 0 Å². The van der Waals surface area contributed by atoms with Crippen molar-refractivity contribution in [1.29, 1.82) is 0 Å². The van der Waals surface area contributed by atoms with Gasteiger partial charge < -0.3 is 20.1 Å². The van der Waals surface area contributed by atoms with Crippen LogP contribution >= 0.6 is 0 Å². The quantitative estimate of drug-likeness (QED) is 0.335. The van der Waals surface area contributed by atoms with Gasteiger partial charge in [0.2, 0.25) is 0 Å². The van der Waals surface area contributed by atoms with Crippen LogP contribution in [0.25, 0.3) is 0 Å². The molecule has 2 heterocycles. The average Bonchev–Trinajstić information content (AvgIpc) is 3.29. The maximum atomic E-state index is 13.7. The van der Waals surface area contributed by atoms with Crippen molar-refractivity contribution in [3.63, 3.8) is 0 Å². The number of halogens is 2. The molecule has 32 heavy (non-hydrogen) atoms. The van der Waals surface area contributed by atoms with Crippen molar-refractivity contribution >= 4 is 32.0 Å². The fraction of sp³-hybridized carbons (Fsp3) is 0.476. The second-order valence-corrected chi connectivity index (χ2v) is 10.2. The summed E-state index contributed by atoms with van der Waals surface area (Å²) >= 11 is -0.322. The van der Waals surface area contributed by atoms with E-state index in [0.29, 0.717) is 6.42 Å². The maximum absolute atomic E-state index is 13.7. The fourth-order valence-electron chi connectivity index (χ4n) is 3.37. The topological polar surface area (TPSA) is 117 Å². The third kappa shape index (κ3) is 6.05. The van der Waals surface area contributed by atoms with E-state index in [9.17, 15) is 28.9 Å². The number of aryl methyl sites for hydroxylation is 1. The average molecular weight is 569 g/mol. The Labute approximate surface area is 193 Å². The van der Waals surface area contributed by atoms with E-state index < -0.39 is 49.3 Å². The Kier molecular flexibility index (Phi) is 9.02. The third-order valence-electron chi connectivity index (χ3n) is 5.04. The molecule has 1 aliphatic heterocycles. The van der Waals surface area contributed by atoms with E-state index in [4.69, 9.17) is 14.2 Å². The smallest absolute Gasteiger partial charge is 0.394 e. The number of rotatable bonds is 9. The van der Waals surface area contributed by atoms with Gasteiger partial charge in [0.15, 0.2) is 0 Å². The number of aliphatic hydroxyl groups is 3. The third-order valence-corrected chi connectivity index (χ3v) is 7.72. The molecule has 1 aromatic heterocycles. The molecule has 0 bridgehead atoms. The monoisotopic (exact) mass is 571 g/mol. The van der Waals surface area contributed by atoms with E-state index in [2.05, 4.69) is 9.40 Å². The van der Waals surface area contributed by atoms with Crippen molar-refractivity contribution in [3.05, 3.63) is 43.6 Å². The number of carbonyl (C=O) groups excluding carboxylic acids is 1. The molecule has 5 atom stereocenters. The first-order valence-corrected chi connectivity index (χ1v) is 12.4. The van der Waals surface area contributed by atoms with Gasteiger partial charge in [-0.05, 0) is 0 Å². The molecule has 4 N–H and O–H groups in total. The van der Waals surface area contributed by atoms with Crippen molar-refractivity contribution in [2.75, 3.05) is 19.0 Å². The number of hydrogen-bond acceptors (Lipinski definition) is 7. The number of hydrogen-bond donors (Lipinski definition) is 4. The number of benzene rings is 1. The summed E-state index contributed by atoms with van der Waals surface area (Å²) in [6.45, 7) is -0.588. The zero-order valence-electron chi connectivity index (χ0n) is 17.2. The second-order valence-electron chi connectivity index (χ2n) is 7.21. The molecular weight excluding hydrogens is 544 g/mol. The van der Waals surface area contributed by atoms with Crippen LogP contribution in [0.4, 0.5) is 14.5 Å². The summed E-state index contributed by atoms with van der Waals surface area (Å²) in [5.74, 6) is -0.550. The minimum atomic E-state index is -2.93. The second kappa shape index (κ2) is 11.5. The molecule has 1 aliphatic rings. The Morgan fingerprint density at radius 1 is 1.28 bits per heavy atom. The van der Waals surface area contributed by atoms with Gasteiger partial charge in [0.05, 0.1) is 6.61 Å². The summed E-state index contributed by atoms with van der Waals surface area (Å²) in [4.78, 5) is 12.2. The number of alkyl halides is 2. The summed E-state index contributed by atoms with van der Waals surface area (Å²) in [7, 11) is 1.25. The van der Waals surface area contributed by atoms with E-state index in [1.54, 1.807) is 0 Å². The number of amides is 1. The zero-order valence-corrected chi connectivity index (χ0v) is 19.5. The molecule has 0 saturated carbocycles. The summed E-state index contributed by atoms with van der Waals surface area (Å²) in [6.07, 6.45) is -8.60. The molecule has 1 aromatic carbocycles. The Bertz CT molecular complexity index is 883. The van der Waals surface area contributed by atoms with Crippen LogP contribution in [0.5, 0.6) is 5.75 Å². The van der Waals surface area contributed by atoms with Crippen LogP contribution in [0.15, 0.2) is 34.4 Å². The molecule has 3 rings (SSSR count). The summed E-state index contributed by atoms with van der Waals surface area (Å²) < 4.78 is 46.6. The Balaban J connectivity index is 1.70. The number of methoxy groups -OCH3 is 1. The van der Waals surface area contributed by atoms with Crippen LogP contribution in [0.2, 0.25) is 0 Å². The molecule has 3 unspecified atom stereocenters. The number of aliphatic hydroxyl groups excluding tert-OH is 3. The van der Waals surface area contributed by atoms with Gasteiger partial charge >= 0.3 is 141 Å². The van der Waals surface area contributed by atoms with Crippen molar-refractivity contribution < 1.29 is 43.1 Å². The Morgan fingerprint density at radius 3 is 2.69 bits per heavy atom. The van der Waals surface area contributed by atoms with Crippen molar-refractivity contribution in [1.82, 2.24) is 0 Å². The first-order valence-electron chi connectivity index (χ1n) is 9.90. The number of nitrogens with one attached hydrogen (secondary N) is 1. The van der Waals surface area contributed by atoms with Crippen LogP contribution in [0.1, 0.15) is 22.0 Å². The number of carbonyl (C=O) groups is 1. The summed E-state index contributed by atoms with van der Waals surface area (Å²) in [6, 6.07) is 7.74. The molecule has 0 aliphatic carbocycles. The molecule has 1 saturated heterocycles. The van der Waals surface area contributed by atoms with Gasteiger partial charge in [0, 0.05) is 7.11 Å². The molecule has 0 spiro atoms. The molecule has 0 radical (unpaired) electrons. The molecular formula is C21H25F2NO7Te. The molecule has 1 fully saturated rings. The van der Waals surface area contributed by atoms with E-state index in [0.717, 1.165) is 6.07 Å². The van der Waals surface area contributed by atoms with Crippen LogP contribution in [0.3, 0.4) is 0 Å². The van der Waals surface area contributed by atoms with E-state index in [1.807, 2.05) is 12.1 Å². The van der Waals surface area contributed by atoms with E-state index in [-0.39, 0.29) is 44.2 Å². The van der Waals surface area contributed by atoms with Crippen molar-refractivity contribution in [2.24, 2.45) is 0 Å². The van der Waals surface area contributed by atoms with Crippen LogP contribution < -0.4 is 10.1 Å². The number of ether oxygens (including phenoxy) is 3. The van der Waals surface area contributed by atoms with Crippen molar-refractivity contribution in [3.8, 4) is 5.75 Å². The predicted molar refractivity (Wildman–Crippen MR) is 111 cm³/mol. The van der Waals surface area contributed by atoms with Crippen LogP contribution in [-0.4, -0.2) is 86.1 Å². The molecule has 8 nitrogen and oxygen atoms in total. The van der Waals surface area contributed by atoms with E-state index in [1.165, 1.54) is 22.8 Å². The molecule has 176 valence electrons. The minimum Gasteiger partial charge on any atom is -0.394 e. The minimum absolute atomic E-state index is 0.191. The predicted octanol–water partition coefficient (Wildman–Crippen LogP) is 1.09. The van der Waals surface area contributed by atoms with Crippen LogP contribution in [0, 0.1) is 0 Å². The summed E-state index contributed by atoms with van der Waals surface area (Å²) in [5.41, 5.74) is -0.315. The molecule has 11 heteroatoms. The zero-order chi connectivity index (χ0) is 23.3. The fourth-order valence-corrected chi connectivity index (χ4v) is 5.40. The van der Waals surface area contributed by atoms with Crippen LogP contribution in [-0.2, 0) is 20.7 Å². The Morgan fingerprint density at radius 2 is 2.06 bits per heavy atom. The van der Waals surface area contributed by atoms with Gasteiger partial charge in [0.25, 0.3) is 0 Å². The standard InChI is InChI=1S/C21H25F2NO7Te/c1-29-19-17(27)15(10-25)31-21(18(19)28)30-14-6-4-11(9-13(14)20(22)23)24-16(26)7-5-12-3-2-8-32-12/h2-4,6,8-9,15,17-21,25,27-28H,5,7,10H2,1H3,(H,24,26)/t15?,17-,18?,19?,21+/m0/s1. The molecule has 2 aromatic rings. The van der Waals surface area contributed by atoms with Crippen molar-refractivity contribution in [2.45, 2.75) is 50.0 Å². The van der Waals surface area contributed by atoms with Gasteiger partial charge in [0.1, 0.15) is 18.3 Å². The van der Waals surface area contributed by atoms with Gasteiger partial charge in [-0.1, -0.05) is 0 Å². The summed E-state index contributed by atoms with van der Waals surface area (Å²) in [5, 5.41) is 32.4. The van der Waals surface area contributed by atoms with Gasteiger partial charge in [-0.2, -0.15) is 0 Å². The van der Waals surface area contributed by atoms with Gasteiger partial charge in [-0.15, -0.1) is 0 Å². The van der Waals surface area contributed by atoms with E-state index >= 15 is 0 Å². The van der Waals surface area contributed by atoms with Gasteiger partial charge in [-0.3, -0.25) is 0 Å². The SMILES string of the molecule is COC1C(O)[C@H](Oc2ccc(NC(=O)CCc3ccc[te]3)cc2C(F)F)OC(CO)[C@@H]1O. The molecule has 1 amide bonds. The normalized spacial score (nSPS) is 25.7. The Hall–Kier alpha value is -1.58.